The molecule has 0 spiro atoms. The van der Waals surface area contributed by atoms with E-state index < -0.39 is 62.1 Å². The molecule has 0 aliphatic rings. The van der Waals surface area contributed by atoms with Gasteiger partial charge in [0.05, 0.1) is 26.2 Å². The van der Waals surface area contributed by atoms with Crippen molar-refractivity contribution in [1.82, 2.24) is 9.80 Å². The van der Waals surface area contributed by atoms with Gasteiger partial charge in [-0.25, -0.2) is 4.79 Å². The second-order valence-electron chi connectivity index (χ2n) is 5.01. The Hall–Kier alpha value is -2.77. The summed E-state index contributed by atoms with van der Waals surface area (Å²) in [5.41, 5.74) is 0. The fourth-order valence-electron chi connectivity index (χ4n) is 1.48. The average molecular weight is 382 g/mol. The Kier molecular flexibility index (Phi) is 13.2. The van der Waals surface area contributed by atoms with Crippen LogP contribution in [0.25, 0.3) is 0 Å². The van der Waals surface area contributed by atoms with Gasteiger partial charge in [0, 0.05) is 13.1 Å². The number of rotatable bonds is 12. The zero-order valence-electron chi connectivity index (χ0n) is 13.9. The highest BCUT2D eigenvalue weighted by atomic mass is 16.4. The van der Waals surface area contributed by atoms with Crippen LogP contribution in [0.1, 0.15) is 6.92 Å². The Morgan fingerprint density at radius 1 is 0.654 bits per heavy atom. The van der Waals surface area contributed by atoms with Gasteiger partial charge < -0.3 is 30.6 Å². The zero-order chi connectivity index (χ0) is 20.9. The summed E-state index contributed by atoms with van der Waals surface area (Å²) in [6.07, 6.45) is -1.23. The molecule has 0 aromatic carbocycles. The van der Waals surface area contributed by atoms with E-state index in [2.05, 4.69) is 0 Å². The highest BCUT2D eigenvalue weighted by molar-refractivity contribution is 5.73. The lowest BCUT2D eigenvalue weighted by atomic mass is 10.4. The Morgan fingerprint density at radius 2 is 0.846 bits per heavy atom. The fraction of sp³-hybridized carbons (Fsp3) is 0.615. The number of carboxylic acid groups (broad SMARTS) is 5. The van der Waals surface area contributed by atoms with Crippen LogP contribution in [-0.4, -0.2) is 116 Å². The van der Waals surface area contributed by atoms with Gasteiger partial charge in [-0.05, 0) is 6.92 Å². The van der Waals surface area contributed by atoms with Gasteiger partial charge >= 0.3 is 29.8 Å². The minimum absolute atomic E-state index is 0.0703. The van der Waals surface area contributed by atoms with E-state index in [1.165, 1.54) is 6.92 Å². The van der Waals surface area contributed by atoms with Gasteiger partial charge in [0.25, 0.3) is 0 Å². The van der Waals surface area contributed by atoms with Crippen LogP contribution in [0.2, 0.25) is 0 Å². The Bertz CT molecular complexity index is 438. The van der Waals surface area contributed by atoms with E-state index in [4.69, 9.17) is 30.6 Å². The van der Waals surface area contributed by atoms with Crippen molar-refractivity contribution >= 4 is 29.8 Å². The Balaban J connectivity index is 0. The largest absolute Gasteiger partial charge is 0.480 e. The third-order valence-electron chi connectivity index (χ3n) is 2.53. The third kappa shape index (κ3) is 17.6. The van der Waals surface area contributed by atoms with Gasteiger partial charge in [0.1, 0.15) is 6.10 Å². The molecule has 6 N–H and O–H groups in total. The van der Waals surface area contributed by atoms with Gasteiger partial charge in [0.2, 0.25) is 0 Å². The topological polar surface area (TPSA) is 213 Å². The number of carboxylic acids is 5. The molecule has 13 nitrogen and oxygen atoms in total. The van der Waals surface area contributed by atoms with E-state index in [-0.39, 0.29) is 13.1 Å². The summed E-state index contributed by atoms with van der Waals surface area (Å²) in [4.78, 5) is 53.8. The molecule has 0 aliphatic heterocycles. The van der Waals surface area contributed by atoms with Gasteiger partial charge in [-0.1, -0.05) is 0 Å². The smallest absolute Gasteiger partial charge is 0.332 e. The molecule has 0 radical (unpaired) electrons. The first-order valence-electron chi connectivity index (χ1n) is 7.07. The molecular formula is C13H22N2O11. The number of carbonyl (C=O) groups is 5. The molecule has 0 heterocycles. The van der Waals surface area contributed by atoms with Crippen LogP contribution >= 0.6 is 0 Å². The predicted octanol–water partition coefficient (Wildman–Crippen LogP) is -2.62. The standard InChI is InChI=1S/C10H16N2O8.C3H6O3/c13-7(14)3-11(4-8(15)16)1-2-12(5-9(17)18)6-10(19)20;1-2(4)3(5)6/h1-6H2,(H,13,14)(H,15,16)(H,17,18)(H,19,20);2,4H,1H3,(H,5,6). The van der Waals surface area contributed by atoms with E-state index in [0.29, 0.717) is 0 Å². The van der Waals surface area contributed by atoms with Crippen LogP contribution in [0.15, 0.2) is 0 Å². The first-order valence-corrected chi connectivity index (χ1v) is 7.07. The first kappa shape index (κ1) is 25.5. The van der Waals surface area contributed by atoms with Crippen molar-refractivity contribution < 1.29 is 54.6 Å². The van der Waals surface area contributed by atoms with E-state index in [1.54, 1.807) is 0 Å². The SMILES string of the molecule is CC(O)C(=O)O.O=C(O)CN(CCN(CC(=O)O)CC(=O)O)CC(=O)O. The lowest BCUT2D eigenvalue weighted by molar-refractivity contribution is -0.145. The molecule has 0 saturated carbocycles. The molecule has 0 fully saturated rings. The maximum atomic E-state index is 10.6. The van der Waals surface area contributed by atoms with Crippen LogP contribution in [0.4, 0.5) is 0 Å². The lowest BCUT2D eigenvalue weighted by Crippen LogP contribution is -2.43. The minimum Gasteiger partial charge on any atom is -0.480 e. The minimum atomic E-state index is -1.23. The van der Waals surface area contributed by atoms with Crippen molar-refractivity contribution in [2.24, 2.45) is 0 Å². The van der Waals surface area contributed by atoms with Crippen molar-refractivity contribution in [3.05, 3.63) is 0 Å². The highest BCUT2D eigenvalue weighted by Crippen LogP contribution is 1.94. The van der Waals surface area contributed by atoms with Crippen LogP contribution in [0, 0.1) is 0 Å². The van der Waals surface area contributed by atoms with E-state index in [0.717, 1.165) is 9.80 Å². The summed E-state index contributed by atoms with van der Waals surface area (Å²) in [6.45, 7) is -1.05. The normalized spacial score (nSPS) is 11.4. The van der Waals surface area contributed by atoms with Crippen molar-refractivity contribution in [3.8, 4) is 0 Å². The fourth-order valence-corrected chi connectivity index (χ4v) is 1.48. The van der Waals surface area contributed by atoms with Gasteiger partial charge in [-0.15, -0.1) is 0 Å². The van der Waals surface area contributed by atoms with Crippen LogP contribution in [0.5, 0.6) is 0 Å². The zero-order valence-corrected chi connectivity index (χ0v) is 13.9. The summed E-state index contributed by atoms with van der Waals surface area (Å²) >= 11 is 0. The molecule has 0 aromatic rings. The lowest BCUT2D eigenvalue weighted by Gasteiger charge is -2.23. The van der Waals surface area contributed by atoms with Crippen LogP contribution < -0.4 is 0 Å². The number of aliphatic hydroxyl groups excluding tert-OH is 1. The summed E-state index contributed by atoms with van der Waals surface area (Å²) in [5.74, 6) is -6.10. The number of nitrogens with zero attached hydrogens (tertiary/aromatic N) is 2. The van der Waals surface area contributed by atoms with Crippen molar-refractivity contribution in [3.63, 3.8) is 0 Å². The number of aliphatic hydroxyl groups is 1. The van der Waals surface area contributed by atoms with E-state index in [9.17, 15) is 24.0 Å². The maximum absolute atomic E-state index is 10.6. The molecule has 0 bridgehead atoms. The molecule has 26 heavy (non-hydrogen) atoms. The first-order chi connectivity index (χ1) is 11.8. The van der Waals surface area contributed by atoms with Crippen LogP contribution in [0.3, 0.4) is 0 Å². The molecule has 0 amide bonds. The van der Waals surface area contributed by atoms with Crippen molar-refractivity contribution in [2.45, 2.75) is 13.0 Å². The molecular weight excluding hydrogens is 360 g/mol. The van der Waals surface area contributed by atoms with E-state index >= 15 is 0 Å². The average Bonchev–Trinajstić information content (AvgIpc) is 2.42. The molecule has 0 aliphatic carbocycles. The Labute approximate surface area is 147 Å². The molecule has 1 unspecified atom stereocenters. The summed E-state index contributed by atoms with van der Waals surface area (Å²) in [5, 5.41) is 50.2. The maximum Gasteiger partial charge on any atom is 0.332 e. The summed E-state index contributed by atoms with van der Waals surface area (Å²) < 4.78 is 0. The number of hydrogen-bond donors (Lipinski definition) is 6. The number of hydrogen-bond acceptors (Lipinski definition) is 8. The molecule has 0 saturated heterocycles. The summed E-state index contributed by atoms with van der Waals surface area (Å²) in [7, 11) is 0. The monoisotopic (exact) mass is 382 g/mol. The molecule has 150 valence electrons. The van der Waals surface area contributed by atoms with Crippen LogP contribution in [-0.2, 0) is 24.0 Å². The van der Waals surface area contributed by atoms with Gasteiger partial charge in [-0.2, -0.15) is 0 Å². The second-order valence-corrected chi connectivity index (χ2v) is 5.01. The quantitative estimate of drug-likeness (QED) is 0.204. The number of aliphatic carboxylic acids is 5. The van der Waals surface area contributed by atoms with E-state index in [1.807, 2.05) is 0 Å². The van der Waals surface area contributed by atoms with Gasteiger partial charge in [-0.3, -0.25) is 29.0 Å². The van der Waals surface area contributed by atoms with Gasteiger partial charge in [0.15, 0.2) is 0 Å². The second kappa shape index (κ2) is 13.5. The summed E-state index contributed by atoms with van der Waals surface area (Å²) in [6, 6.07) is 0. The third-order valence-corrected chi connectivity index (χ3v) is 2.53. The molecule has 1 atom stereocenters. The van der Waals surface area contributed by atoms with Crippen molar-refractivity contribution in [1.29, 1.82) is 0 Å². The predicted molar refractivity (Wildman–Crippen MR) is 82.7 cm³/mol. The molecule has 13 heteroatoms. The highest BCUT2D eigenvalue weighted by Gasteiger charge is 2.17. The Morgan fingerprint density at radius 3 is 0.962 bits per heavy atom. The van der Waals surface area contributed by atoms with Crippen molar-refractivity contribution in [2.75, 3.05) is 39.3 Å². The molecule has 0 aromatic heterocycles. The molecule has 0 rings (SSSR count).